The maximum Gasteiger partial charge on any atom is 0.243 e. The highest BCUT2D eigenvalue weighted by molar-refractivity contribution is 5.96. The van der Waals surface area contributed by atoms with E-state index in [0.29, 0.717) is 44.4 Å². The lowest BCUT2D eigenvalue weighted by molar-refractivity contribution is -0.135. The van der Waals surface area contributed by atoms with Gasteiger partial charge >= 0.3 is 0 Å². The summed E-state index contributed by atoms with van der Waals surface area (Å²) in [4.78, 5) is 92.5. The van der Waals surface area contributed by atoms with Crippen LogP contribution in [0.2, 0.25) is 0 Å². The molecular formula is C48H90N16O6. The number of carbonyl (C=O) groups excluding carboxylic acids is 6. The lowest BCUT2D eigenvalue weighted by Gasteiger charge is -2.31. The van der Waals surface area contributed by atoms with E-state index in [9.17, 15) is 28.8 Å². The first kappa shape index (κ1) is 58.9. The summed E-state index contributed by atoms with van der Waals surface area (Å²) < 4.78 is 0. The standard InChI is InChI=1S/C48H90N16O6/c1-30(2)59-37(27-31-15-6-3-7-16-31)43(68)61-35(22-13-25-57-47(52)53)41(66)64-39(29-33-19-10-5-11-20-33)45(70)62-36(23-14-26-58-48(54)55)42(67)63-38(28-32-17-8-4-9-18-32)44(69)60-34(40(49)65)21-12-24-56-46(50)51/h30-39,59H,3-29H2,1-2H3,(H2,49,65)(H,60,69)(H,61,68)(H,62,70)(H,63,67)(H,64,66)(H4,50,51,56)(H4,52,53,57)(H4,54,55,58)/t34-,35-,36-,37+,38+,39+/m1/s1. The van der Waals surface area contributed by atoms with Crippen molar-refractivity contribution >= 4 is 53.3 Å². The Balaban J connectivity index is 1.92. The number of nitrogens with zero attached hydrogens (tertiary/aromatic N) is 2. The summed E-state index contributed by atoms with van der Waals surface area (Å²) in [7, 11) is 0. The molecule has 0 aromatic carbocycles. The largest absolute Gasteiger partial charge is 0.370 e. The van der Waals surface area contributed by atoms with Crippen molar-refractivity contribution in [2.75, 3.05) is 19.6 Å². The number of guanidine groups is 3. The molecule has 6 amide bonds. The van der Waals surface area contributed by atoms with Crippen LogP contribution in [0.5, 0.6) is 0 Å². The molecule has 0 bridgehead atoms. The van der Waals surface area contributed by atoms with Gasteiger partial charge in [-0.15, -0.1) is 0 Å². The molecule has 22 heteroatoms. The van der Waals surface area contributed by atoms with E-state index >= 15 is 0 Å². The van der Waals surface area contributed by atoms with E-state index in [2.05, 4.69) is 47.2 Å². The lowest BCUT2D eigenvalue weighted by Crippen LogP contribution is -2.60. The van der Waals surface area contributed by atoms with Gasteiger partial charge < -0.3 is 71.6 Å². The molecular weight excluding hydrogens is 897 g/mol. The van der Waals surface area contributed by atoms with Crippen LogP contribution in [-0.2, 0) is 28.8 Å². The van der Waals surface area contributed by atoms with Gasteiger partial charge in [-0.2, -0.15) is 0 Å². The Morgan fingerprint density at radius 1 is 0.471 bits per heavy atom. The van der Waals surface area contributed by atoms with Crippen LogP contribution in [-0.4, -0.2) is 115 Å². The summed E-state index contributed by atoms with van der Waals surface area (Å²) in [5.74, 6) is -3.25. The van der Waals surface area contributed by atoms with Gasteiger partial charge in [-0.1, -0.05) is 110 Å². The number of hydrogen-bond acceptors (Lipinski definition) is 10. The van der Waals surface area contributed by atoms with Crippen LogP contribution in [0.4, 0.5) is 0 Å². The zero-order valence-corrected chi connectivity index (χ0v) is 42.2. The maximum atomic E-state index is 14.7. The van der Waals surface area contributed by atoms with Gasteiger partial charge in [-0.25, -0.2) is 0 Å². The Hall–Kier alpha value is -5.41. The third-order valence-corrected chi connectivity index (χ3v) is 13.8. The minimum Gasteiger partial charge on any atom is -0.370 e. The highest BCUT2D eigenvalue weighted by Gasteiger charge is 2.35. The van der Waals surface area contributed by atoms with Crippen LogP contribution >= 0.6 is 0 Å². The van der Waals surface area contributed by atoms with Crippen LogP contribution in [0.25, 0.3) is 0 Å². The molecule has 70 heavy (non-hydrogen) atoms. The van der Waals surface area contributed by atoms with Crippen LogP contribution in [0.3, 0.4) is 0 Å². The van der Waals surface area contributed by atoms with Gasteiger partial charge in [0, 0.05) is 25.7 Å². The van der Waals surface area contributed by atoms with E-state index in [-0.39, 0.29) is 80.6 Å². The average molecular weight is 987 g/mol. The summed E-state index contributed by atoms with van der Waals surface area (Å²) >= 11 is 0. The van der Waals surface area contributed by atoms with Crippen LogP contribution in [0.1, 0.15) is 168 Å². The fourth-order valence-electron chi connectivity index (χ4n) is 10.1. The van der Waals surface area contributed by atoms with Crippen molar-refractivity contribution in [2.24, 2.45) is 62.1 Å². The van der Waals surface area contributed by atoms with Crippen LogP contribution in [0.15, 0.2) is 9.98 Å². The van der Waals surface area contributed by atoms with Gasteiger partial charge in [0.15, 0.2) is 17.9 Å². The molecule has 20 N–H and O–H groups in total. The molecule has 0 aromatic heterocycles. The minimum atomic E-state index is -1.18. The lowest BCUT2D eigenvalue weighted by atomic mass is 9.84. The van der Waals surface area contributed by atoms with E-state index in [1.807, 2.05) is 13.8 Å². The zero-order chi connectivity index (χ0) is 51.4. The highest BCUT2D eigenvalue weighted by Crippen LogP contribution is 2.30. The highest BCUT2D eigenvalue weighted by atomic mass is 16.2. The van der Waals surface area contributed by atoms with Crippen molar-refractivity contribution in [1.29, 1.82) is 5.41 Å². The number of carbonyl (C=O) groups is 6. The molecule has 398 valence electrons. The predicted octanol–water partition coefficient (Wildman–Crippen LogP) is 0.544. The van der Waals surface area contributed by atoms with Crippen molar-refractivity contribution in [3.63, 3.8) is 0 Å². The Kier molecular flexibility index (Phi) is 27.3. The number of amides is 6. The van der Waals surface area contributed by atoms with Crippen molar-refractivity contribution in [1.82, 2.24) is 37.2 Å². The maximum absolute atomic E-state index is 14.7. The van der Waals surface area contributed by atoms with E-state index < -0.39 is 65.8 Å². The summed E-state index contributed by atoms with van der Waals surface area (Å²) in [6, 6.07) is -5.94. The van der Waals surface area contributed by atoms with Crippen LogP contribution in [0, 0.1) is 23.2 Å². The predicted molar refractivity (Wildman–Crippen MR) is 273 cm³/mol. The van der Waals surface area contributed by atoms with Gasteiger partial charge in [0.2, 0.25) is 35.4 Å². The van der Waals surface area contributed by atoms with Gasteiger partial charge in [-0.3, -0.25) is 44.2 Å². The van der Waals surface area contributed by atoms with Crippen molar-refractivity contribution in [3.05, 3.63) is 0 Å². The average Bonchev–Trinajstić information content (AvgIpc) is 3.31. The summed E-state index contributed by atoms with van der Waals surface area (Å²) in [5, 5.41) is 28.4. The fourth-order valence-corrected chi connectivity index (χ4v) is 10.1. The van der Waals surface area contributed by atoms with Gasteiger partial charge in [0.25, 0.3) is 0 Å². The van der Waals surface area contributed by atoms with Crippen LogP contribution < -0.4 is 71.6 Å². The topological polar surface area (TPSA) is 391 Å². The number of hydrogen-bond donors (Lipinski definition) is 14. The Morgan fingerprint density at radius 2 is 0.800 bits per heavy atom. The number of nitrogens with one attached hydrogen (secondary N) is 8. The molecule has 3 fully saturated rings. The van der Waals surface area contributed by atoms with Gasteiger partial charge in [0.05, 0.1) is 6.04 Å². The Bertz CT molecular complexity index is 1700. The normalized spacial score (nSPS) is 18.4. The van der Waals surface area contributed by atoms with Crippen molar-refractivity contribution in [2.45, 2.75) is 210 Å². The summed E-state index contributed by atoms with van der Waals surface area (Å²) in [6.07, 6.45) is 17.7. The summed E-state index contributed by atoms with van der Waals surface area (Å²) in [5.41, 5.74) is 33.4. The SMILES string of the molecule is CC(C)N[C@@H](CC1CCCCC1)C(=O)N[C@H](CCCN=C(N)N)C(=O)N[C@@H](CC1CCCCC1)C(=O)N[C@H](CCCNC(=N)N)C(=O)N[C@@H](CC1CCCCC1)C(=O)N[C@H](CCCN=C(N)N)C(N)=O. The molecule has 3 rings (SSSR count). The zero-order valence-electron chi connectivity index (χ0n) is 42.2. The van der Waals surface area contributed by atoms with E-state index in [4.69, 9.17) is 39.8 Å². The second kappa shape index (κ2) is 32.5. The molecule has 3 aliphatic carbocycles. The molecule has 3 saturated carbocycles. The Labute approximate surface area is 415 Å². The van der Waals surface area contributed by atoms with E-state index in [1.165, 1.54) is 6.42 Å². The first-order chi connectivity index (χ1) is 33.4. The Morgan fingerprint density at radius 3 is 1.17 bits per heavy atom. The quantitative estimate of drug-likeness (QED) is 0.0257. The van der Waals surface area contributed by atoms with Crippen molar-refractivity contribution < 1.29 is 28.8 Å². The van der Waals surface area contributed by atoms with Gasteiger partial charge in [-0.05, 0) is 75.5 Å². The molecule has 22 nitrogen and oxygen atoms in total. The molecule has 3 aliphatic rings. The number of rotatable bonds is 31. The molecule has 0 radical (unpaired) electrons. The molecule has 0 unspecified atom stereocenters. The molecule has 6 atom stereocenters. The van der Waals surface area contributed by atoms with E-state index in [1.54, 1.807) is 0 Å². The van der Waals surface area contributed by atoms with E-state index in [0.717, 1.165) is 89.9 Å². The molecule has 0 aromatic rings. The summed E-state index contributed by atoms with van der Waals surface area (Å²) in [6.45, 7) is 4.62. The van der Waals surface area contributed by atoms with Gasteiger partial charge in [0.1, 0.15) is 30.2 Å². The molecule has 0 heterocycles. The third-order valence-electron chi connectivity index (χ3n) is 13.8. The molecule has 0 saturated heterocycles. The second-order valence-corrected chi connectivity index (χ2v) is 20.2. The third kappa shape index (κ3) is 23.9. The number of primary amides is 1. The molecule has 0 aliphatic heterocycles. The number of aliphatic imine (C=N–C) groups is 2. The first-order valence-corrected chi connectivity index (χ1v) is 26.2. The minimum absolute atomic E-state index is 0.0114. The fraction of sp³-hybridized carbons (Fsp3) is 0.812. The smallest absolute Gasteiger partial charge is 0.243 e. The first-order valence-electron chi connectivity index (χ1n) is 26.2. The number of nitrogens with two attached hydrogens (primary N) is 6. The second-order valence-electron chi connectivity index (χ2n) is 20.2. The van der Waals surface area contributed by atoms with Crippen molar-refractivity contribution in [3.8, 4) is 0 Å². The molecule has 0 spiro atoms. The monoisotopic (exact) mass is 987 g/mol.